The number of allylic oxidation sites excluding steroid dienone is 2. The van der Waals surface area contributed by atoms with Crippen molar-refractivity contribution in [3.8, 4) is 0 Å². The molecule has 0 spiro atoms. The van der Waals surface area contributed by atoms with Gasteiger partial charge in [0.2, 0.25) is 0 Å². The Labute approximate surface area is 358 Å². The van der Waals surface area contributed by atoms with Crippen LogP contribution in [0.15, 0.2) is 12.2 Å². The van der Waals surface area contributed by atoms with Crippen LogP contribution in [0.25, 0.3) is 0 Å². The zero-order chi connectivity index (χ0) is 42.5. The summed E-state index contributed by atoms with van der Waals surface area (Å²) in [7, 11) is -2.64. The molecule has 10 heteroatoms. The topological polar surface area (TPSA) is 120 Å². The van der Waals surface area contributed by atoms with Crippen LogP contribution < -0.4 is 5.32 Å². The van der Waals surface area contributed by atoms with E-state index in [1.807, 2.05) is 0 Å². The van der Waals surface area contributed by atoms with Crippen LogP contribution in [-0.2, 0) is 32.7 Å². The lowest BCUT2D eigenvalue weighted by atomic mass is 10.0. The van der Waals surface area contributed by atoms with Crippen molar-refractivity contribution in [2.75, 3.05) is 33.4 Å². The van der Waals surface area contributed by atoms with Gasteiger partial charge in [0, 0.05) is 19.4 Å². The lowest BCUT2D eigenvalue weighted by Gasteiger charge is -2.20. The van der Waals surface area contributed by atoms with Crippen molar-refractivity contribution < 1.29 is 37.6 Å². The van der Waals surface area contributed by atoms with Gasteiger partial charge >= 0.3 is 19.8 Å². The zero-order valence-corrected chi connectivity index (χ0v) is 39.2. The minimum atomic E-state index is -4.35. The summed E-state index contributed by atoms with van der Waals surface area (Å²) < 4.78 is 33.3. The number of carbonyl (C=O) groups is 2. The van der Waals surface area contributed by atoms with Gasteiger partial charge in [-0.25, -0.2) is 4.57 Å². The van der Waals surface area contributed by atoms with Crippen LogP contribution >= 0.6 is 7.82 Å². The van der Waals surface area contributed by atoms with Crippen LogP contribution in [0.2, 0.25) is 0 Å². The van der Waals surface area contributed by atoms with Gasteiger partial charge in [0.05, 0.1) is 13.2 Å². The largest absolute Gasteiger partial charge is 0.472 e. The second-order valence-corrected chi connectivity index (χ2v) is 18.1. The number of likely N-dealkylation sites (N-methyl/N-ethyl adjacent to an activating group) is 1. The first-order valence-corrected chi connectivity index (χ1v) is 26.1. The summed E-state index contributed by atoms with van der Waals surface area (Å²) in [6.07, 6.45) is 46.8. The fourth-order valence-electron chi connectivity index (χ4n) is 7.14. The molecule has 0 heterocycles. The van der Waals surface area contributed by atoms with Crippen LogP contribution in [0, 0.1) is 0 Å². The second-order valence-electron chi connectivity index (χ2n) is 16.7. The van der Waals surface area contributed by atoms with Gasteiger partial charge in [-0.15, -0.1) is 0 Å². The first-order chi connectivity index (χ1) is 28.3. The third kappa shape index (κ3) is 44.3. The monoisotopic (exact) mass is 844 g/mol. The van der Waals surface area contributed by atoms with E-state index < -0.39 is 26.5 Å². The van der Waals surface area contributed by atoms with Gasteiger partial charge in [0.25, 0.3) is 0 Å². The smallest absolute Gasteiger partial charge is 0.462 e. The molecule has 0 aromatic rings. The Balaban J connectivity index is 4.11. The molecule has 344 valence electrons. The Morgan fingerprint density at radius 2 is 0.879 bits per heavy atom. The van der Waals surface area contributed by atoms with Crippen LogP contribution in [0.3, 0.4) is 0 Å². The standard InChI is InChI=1S/C48H94NO8P/c1-4-6-8-10-12-14-16-18-20-22-23-25-27-29-31-33-35-37-39-41-48(51)57-46(45-56-58(52,53)55-43-42-49-3)44-54-47(50)40-38-36-34-32-30-28-26-24-21-19-17-15-13-11-9-7-5-2/h19,21,46,49H,4-18,20,22-45H2,1-3H3,(H,52,53)/b21-19-. The molecular weight excluding hydrogens is 750 g/mol. The summed E-state index contributed by atoms with van der Waals surface area (Å²) in [6.45, 7) is 4.27. The van der Waals surface area contributed by atoms with E-state index in [2.05, 4.69) is 31.3 Å². The third-order valence-electron chi connectivity index (χ3n) is 10.9. The highest BCUT2D eigenvalue weighted by molar-refractivity contribution is 7.47. The van der Waals surface area contributed by atoms with Crippen molar-refractivity contribution in [3.05, 3.63) is 12.2 Å². The Morgan fingerprint density at radius 3 is 1.28 bits per heavy atom. The van der Waals surface area contributed by atoms with E-state index in [1.165, 1.54) is 180 Å². The van der Waals surface area contributed by atoms with Gasteiger partial charge in [-0.3, -0.25) is 18.6 Å². The summed E-state index contributed by atoms with van der Waals surface area (Å²) in [5, 5.41) is 2.83. The molecule has 0 saturated carbocycles. The summed E-state index contributed by atoms with van der Waals surface area (Å²) in [4.78, 5) is 35.2. The molecule has 58 heavy (non-hydrogen) atoms. The van der Waals surface area contributed by atoms with Crippen molar-refractivity contribution in [2.45, 2.75) is 251 Å². The van der Waals surface area contributed by atoms with Crippen molar-refractivity contribution in [2.24, 2.45) is 0 Å². The molecule has 0 bridgehead atoms. The maximum absolute atomic E-state index is 12.7. The van der Waals surface area contributed by atoms with Crippen molar-refractivity contribution in [1.29, 1.82) is 0 Å². The van der Waals surface area contributed by atoms with Gasteiger partial charge in [-0.2, -0.15) is 0 Å². The van der Waals surface area contributed by atoms with Crippen molar-refractivity contribution in [3.63, 3.8) is 0 Å². The van der Waals surface area contributed by atoms with E-state index in [0.29, 0.717) is 13.0 Å². The molecule has 0 aliphatic rings. The van der Waals surface area contributed by atoms with Gasteiger partial charge in [-0.1, -0.05) is 206 Å². The molecule has 2 N–H and O–H groups in total. The molecule has 0 rings (SSSR count). The molecule has 0 aliphatic heterocycles. The number of ether oxygens (including phenoxy) is 2. The maximum Gasteiger partial charge on any atom is 0.472 e. The van der Waals surface area contributed by atoms with E-state index in [9.17, 15) is 19.0 Å². The number of unbranched alkanes of at least 4 members (excludes halogenated alkanes) is 31. The Kier molecular flexibility index (Phi) is 44.3. The molecule has 9 nitrogen and oxygen atoms in total. The number of hydrogen-bond acceptors (Lipinski definition) is 8. The normalized spacial score (nSPS) is 13.2. The van der Waals surface area contributed by atoms with E-state index in [-0.39, 0.29) is 32.0 Å². The van der Waals surface area contributed by atoms with Gasteiger partial charge in [-0.05, 0) is 45.6 Å². The highest BCUT2D eigenvalue weighted by Gasteiger charge is 2.26. The summed E-state index contributed by atoms with van der Waals surface area (Å²) in [5.74, 6) is -0.797. The Morgan fingerprint density at radius 1 is 0.517 bits per heavy atom. The van der Waals surface area contributed by atoms with Crippen molar-refractivity contribution in [1.82, 2.24) is 5.32 Å². The molecule has 0 saturated heterocycles. The SMILES string of the molecule is CCCCCCCC/C=C\CCCCCCCCCC(=O)OCC(COP(=O)(O)OCCNC)OC(=O)CCCCCCCCCCCCCCCCCCCCC. The minimum absolute atomic E-state index is 0.0141. The number of esters is 2. The van der Waals surface area contributed by atoms with Crippen LogP contribution in [0.4, 0.5) is 0 Å². The molecule has 0 amide bonds. The van der Waals surface area contributed by atoms with Crippen LogP contribution in [0.1, 0.15) is 245 Å². The second kappa shape index (κ2) is 45.3. The average molecular weight is 844 g/mol. The number of carbonyl (C=O) groups excluding carboxylic acids is 2. The molecule has 0 radical (unpaired) electrons. The molecule has 0 fully saturated rings. The molecule has 0 aromatic carbocycles. The summed E-state index contributed by atoms with van der Waals surface area (Å²) >= 11 is 0. The molecule has 2 atom stereocenters. The Bertz CT molecular complexity index is 964. The third-order valence-corrected chi connectivity index (χ3v) is 11.9. The Hall–Kier alpha value is -1.25. The summed E-state index contributed by atoms with van der Waals surface area (Å²) in [5.41, 5.74) is 0. The predicted octanol–water partition coefficient (Wildman–Crippen LogP) is 14.4. The first kappa shape index (κ1) is 56.8. The van der Waals surface area contributed by atoms with E-state index >= 15 is 0 Å². The van der Waals surface area contributed by atoms with E-state index in [4.69, 9.17) is 18.5 Å². The number of phosphoric acid groups is 1. The van der Waals surface area contributed by atoms with Crippen LogP contribution in [-0.4, -0.2) is 56.3 Å². The van der Waals surface area contributed by atoms with E-state index in [1.54, 1.807) is 7.05 Å². The lowest BCUT2D eigenvalue weighted by Crippen LogP contribution is -2.29. The maximum atomic E-state index is 12.7. The zero-order valence-electron chi connectivity index (χ0n) is 38.3. The highest BCUT2D eigenvalue weighted by atomic mass is 31.2. The number of rotatable bonds is 47. The van der Waals surface area contributed by atoms with Gasteiger partial charge < -0.3 is 19.7 Å². The molecule has 0 aromatic heterocycles. The number of nitrogens with one attached hydrogen (secondary N) is 1. The van der Waals surface area contributed by atoms with Gasteiger partial charge in [0.15, 0.2) is 6.10 Å². The van der Waals surface area contributed by atoms with E-state index in [0.717, 1.165) is 32.1 Å². The number of hydrogen-bond donors (Lipinski definition) is 2. The van der Waals surface area contributed by atoms with Crippen LogP contribution in [0.5, 0.6) is 0 Å². The minimum Gasteiger partial charge on any atom is -0.462 e. The molecule has 2 unspecified atom stereocenters. The highest BCUT2D eigenvalue weighted by Crippen LogP contribution is 2.43. The fraction of sp³-hybridized carbons (Fsp3) is 0.917. The quantitative estimate of drug-likeness (QED) is 0.0267. The molecular formula is C48H94NO8P. The average Bonchev–Trinajstić information content (AvgIpc) is 3.21. The summed E-state index contributed by atoms with van der Waals surface area (Å²) in [6, 6.07) is 0. The number of phosphoric ester groups is 1. The van der Waals surface area contributed by atoms with Crippen molar-refractivity contribution >= 4 is 19.8 Å². The van der Waals surface area contributed by atoms with Gasteiger partial charge in [0.1, 0.15) is 6.61 Å². The lowest BCUT2D eigenvalue weighted by molar-refractivity contribution is -0.161. The predicted molar refractivity (Wildman–Crippen MR) is 243 cm³/mol. The first-order valence-electron chi connectivity index (χ1n) is 24.6. The molecule has 0 aliphatic carbocycles. The fourth-order valence-corrected chi connectivity index (χ4v) is 7.89.